The molecule has 0 aliphatic rings. The summed E-state index contributed by atoms with van der Waals surface area (Å²) in [7, 11) is 2.12. The summed E-state index contributed by atoms with van der Waals surface area (Å²) in [6.45, 7) is 2.99. The third-order valence-electron chi connectivity index (χ3n) is 2.40. The van der Waals surface area contributed by atoms with E-state index in [4.69, 9.17) is 14.6 Å². The summed E-state index contributed by atoms with van der Waals surface area (Å²) in [5.41, 5.74) is 6.09. The molecule has 0 saturated heterocycles. The van der Waals surface area contributed by atoms with Gasteiger partial charge in [0.25, 0.3) is 0 Å². The van der Waals surface area contributed by atoms with Crippen molar-refractivity contribution in [3.05, 3.63) is 0 Å². The number of unbranched alkanes of at least 4 members (excludes halogenated alkanes) is 1. The first-order valence-corrected chi connectivity index (χ1v) is 6.66. The number of hydrogen-bond donors (Lipinski definition) is 1. The summed E-state index contributed by atoms with van der Waals surface area (Å²) >= 11 is 0. The molecule has 1 atom stereocenters. The van der Waals surface area contributed by atoms with Gasteiger partial charge in [-0.1, -0.05) is 19.8 Å². The molecule has 0 amide bonds. The van der Waals surface area contributed by atoms with Crippen molar-refractivity contribution in [2.75, 3.05) is 20.8 Å². The minimum absolute atomic E-state index is 0.640. The highest BCUT2D eigenvalue weighted by Crippen LogP contribution is 2.22. The van der Waals surface area contributed by atoms with Gasteiger partial charge in [0.1, 0.15) is 0 Å². The van der Waals surface area contributed by atoms with E-state index in [1.54, 1.807) is 14.2 Å². The first kappa shape index (κ1) is 13.1. The van der Waals surface area contributed by atoms with Gasteiger partial charge in [-0.15, -0.1) is 0 Å². The third kappa shape index (κ3) is 5.41. The third-order valence-corrected chi connectivity index (χ3v) is 4.91. The van der Waals surface area contributed by atoms with Crippen LogP contribution < -0.4 is 5.73 Å². The molecule has 0 aromatic carbocycles. The summed E-state index contributed by atoms with van der Waals surface area (Å²) < 4.78 is 10.7. The van der Waals surface area contributed by atoms with Crippen LogP contribution >= 0.6 is 0 Å². The van der Waals surface area contributed by atoms with Crippen molar-refractivity contribution in [3.63, 3.8) is 0 Å². The first-order valence-electron chi connectivity index (χ1n) is 5.05. The Morgan fingerprint density at radius 3 is 2.23 bits per heavy atom. The molecule has 13 heavy (non-hydrogen) atoms. The number of hydrogen-bond acceptors (Lipinski definition) is 3. The van der Waals surface area contributed by atoms with Crippen molar-refractivity contribution < 1.29 is 8.85 Å². The monoisotopic (exact) mass is 205 g/mol. The largest absolute Gasteiger partial charge is 0.400 e. The molecule has 0 fully saturated rings. The van der Waals surface area contributed by atoms with Crippen molar-refractivity contribution >= 4 is 9.28 Å². The van der Waals surface area contributed by atoms with Gasteiger partial charge in [-0.05, 0) is 24.9 Å². The lowest BCUT2D eigenvalue weighted by molar-refractivity contribution is 0.260. The van der Waals surface area contributed by atoms with E-state index >= 15 is 0 Å². The molecular formula is C9H23NO2Si. The van der Waals surface area contributed by atoms with Gasteiger partial charge >= 0.3 is 9.28 Å². The molecule has 0 saturated carbocycles. The van der Waals surface area contributed by atoms with Crippen LogP contribution in [0.2, 0.25) is 5.54 Å². The molecule has 0 bridgehead atoms. The van der Waals surface area contributed by atoms with Gasteiger partial charge in [-0.25, -0.2) is 0 Å². The predicted octanol–water partition coefficient (Wildman–Crippen LogP) is 1.41. The van der Waals surface area contributed by atoms with Crippen LogP contribution in [0, 0.1) is 0 Å². The molecule has 0 spiro atoms. The molecule has 3 nitrogen and oxygen atoms in total. The van der Waals surface area contributed by atoms with Crippen molar-refractivity contribution in [3.8, 4) is 0 Å². The first-order chi connectivity index (χ1) is 6.29. The van der Waals surface area contributed by atoms with Gasteiger partial charge in [0.05, 0.1) is 0 Å². The Balaban J connectivity index is 3.71. The quantitative estimate of drug-likeness (QED) is 0.481. The summed E-state index contributed by atoms with van der Waals surface area (Å²) in [5, 5.41) is 0. The summed E-state index contributed by atoms with van der Waals surface area (Å²) in [5.74, 6) is 0. The lowest BCUT2D eigenvalue weighted by atomic mass is 10.1. The van der Waals surface area contributed by atoms with Crippen molar-refractivity contribution in [2.24, 2.45) is 5.73 Å². The average Bonchev–Trinajstić information content (AvgIpc) is 2.17. The minimum atomic E-state index is -1.39. The van der Waals surface area contributed by atoms with E-state index in [1.807, 2.05) is 0 Å². The molecule has 1 unspecified atom stereocenters. The Kier molecular flexibility index (Phi) is 8.75. The van der Waals surface area contributed by atoms with Crippen LogP contribution in [-0.2, 0) is 8.85 Å². The molecule has 4 heteroatoms. The van der Waals surface area contributed by atoms with Gasteiger partial charge in [-0.3, -0.25) is 0 Å². The smallest absolute Gasteiger partial charge is 0.324 e. The van der Waals surface area contributed by atoms with Gasteiger partial charge in [0.2, 0.25) is 0 Å². The molecule has 0 aromatic rings. The van der Waals surface area contributed by atoms with E-state index < -0.39 is 9.28 Å². The summed E-state index contributed by atoms with van der Waals surface area (Å²) in [6, 6.07) is 0. The lowest BCUT2D eigenvalue weighted by Gasteiger charge is -2.21. The molecule has 80 valence electrons. The number of rotatable bonds is 8. The van der Waals surface area contributed by atoms with E-state index in [1.165, 1.54) is 12.8 Å². The second-order valence-corrected chi connectivity index (χ2v) is 5.91. The van der Waals surface area contributed by atoms with Crippen LogP contribution in [0.25, 0.3) is 0 Å². The Morgan fingerprint density at radius 1 is 1.23 bits per heavy atom. The van der Waals surface area contributed by atoms with Gasteiger partial charge in [-0.2, -0.15) is 0 Å². The van der Waals surface area contributed by atoms with E-state index in [0.717, 1.165) is 19.4 Å². The van der Waals surface area contributed by atoms with Crippen LogP contribution in [-0.4, -0.2) is 30.0 Å². The zero-order chi connectivity index (χ0) is 10.1. The molecule has 0 aromatic heterocycles. The zero-order valence-corrected chi connectivity index (χ0v) is 10.2. The van der Waals surface area contributed by atoms with Crippen LogP contribution in [0.3, 0.4) is 0 Å². The molecule has 0 rings (SSSR count). The highest BCUT2D eigenvalue weighted by Gasteiger charge is 2.21. The van der Waals surface area contributed by atoms with Crippen LogP contribution in [0.1, 0.15) is 32.6 Å². The topological polar surface area (TPSA) is 44.5 Å². The SMILES string of the molecule is CCC(CCCCN)[SiH](OC)OC. The summed E-state index contributed by atoms with van der Waals surface area (Å²) in [4.78, 5) is 0. The highest BCUT2D eigenvalue weighted by atomic mass is 28.3. The zero-order valence-electron chi connectivity index (χ0n) is 9.08. The van der Waals surface area contributed by atoms with Crippen LogP contribution in [0.5, 0.6) is 0 Å². The standard InChI is InChI=1S/C9H23NO2Si/c1-4-9(7-5-6-8-10)13(11-2)12-3/h9,13H,4-8,10H2,1-3H3. The number of nitrogens with two attached hydrogens (primary N) is 1. The second-order valence-electron chi connectivity index (χ2n) is 3.29. The maximum atomic E-state index is 5.45. The maximum absolute atomic E-state index is 5.45. The predicted molar refractivity (Wildman–Crippen MR) is 58.1 cm³/mol. The molecule has 0 radical (unpaired) electrons. The van der Waals surface area contributed by atoms with E-state index in [2.05, 4.69) is 6.92 Å². The Morgan fingerprint density at radius 2 is 1.85 bits per heavy atom. The van der Waals surface area contributed by atoms with Crippen molar-refractivity contribution in [1.82, 2.24) is 0 Å². The van der Waals surface area contributed by atoms with Gasteiger partial charge in [0, 0.05) is 14.2 Å². The van der Waals surface area contributed by atoms with E-state index in [9.17, 15) is 0 Å². The Labute approximate surface area is 83.5 Å². The van der Waals surface area contributed by atoms with Crippen molar-refractivity contribution in [2.45, 2.75) is 38.1 Å². The lowest BCUT2D eigenvalue weighted by Crippen LogP contribution is -2.26. The van der Waals surface area contributed by atoms with Crippen LogP contribution in [0.4, 0.5) is 0 Å². The van der Waals surface area contributed by atoms with E-state index in [-0.39, 0.29) is 0 Å². The molecule has 0 aliphatic heterocycles. The molecule has 0 heterocycles. The fraction of sp³-hybridized carbons (Fsp3) is 1.00. The Hall–Kier alpha value is 0.0969. The Bertz CT molecular complexity index is 110. The molecular weight excluding hydrogens is 182 g/mol. The highest BCUT2D eigenvalue weighted by molar-refractivity contribution is 6.46. The van der Waals surface area contributed by atoms with Gasteiger partial charge in [0.15, 0.2) is 0 Å². The maximum Gasteiger partial charge on any atom is 0.324 e. The molecule has 0 aliphatic carbocycles. The normalized spacial score (nSPS) is 13.6. The van der Waals surface area contributed by atoms with Gasteiger partial charge < -0.3 is 14.6 Å². The fourth-order valence-electron chi connectivity index (χ4n) is 1.56. The fourth-order valence-corrected chi connectivity index (χ4v) is 3.42. The molecule has 2 N–H and O–H groups in total. The van der Waals surface area contributed by atoms with Crippen LogP contribution in [0.15, 0.2) is 0 Å². The van der Waals surface area contributed by atoms with E-state index in [0.29, 0.717) is 5.54 Å². The average molecular weight is 205 g/mol. The van der Waals surface area contributed by atoms with Crippen molar-refractivity contribution in [1.29, 1.82) is 0 Å². The summed E-state index contributed by atoms with van der Waals surface area (Å²) in [6.07, 6.45) is 4.67. The minimum Gasteiger partial charge on any atom is -0.400 e. The second kappa shape index (κ2) is 8.68.